The van der Waals surface area contributed by atoms with Crippen molar-refractivity contribution in [3.8, 4) is 0 Å². The lowest BCUT2D eigenvalue weighted by molar-refractivity contribution is 0.115. The van der Waals surface area contributed by atoms with E-state index >= 15 is 0 Å². The first-order valence-electron chi connectivity index (χ1n) is 4.54. The summed E-state index contributed by atoms with van der Waals surface area (Å²) in [5.41, 5.74) is 1.08. The smallest absolute Gasteiger partial charge is 0.407 e. The predicted octanol–water partition coefficient (Wildman–Crippen LogP) is 3.80. The third-order valence-electron chi connectivity index (χ3n) is 2.22. The summed E-state index contributed by atoms with van der Waals surface area (Å²) in [7, 11) is 0. The number of carbonyl (C=O) groups excluding carboxylic acids is 1. The number of rotatable bonds is 1. The van der Waals surface area contributed by atoms with Crippen LogP contribution >= 0.6 is 44.3 Å². The Bertz CT molecular complexity index is 380. The number of benzene rings is 1. The van der Waals surface area contributed by atoms with Gasteiger partial charge in [-0.25, -0.2) is 4.79 Å². The van der Waals surface area contributed by atoms with Gasteiger partial charge in [0.1, 0.15) is 0 Å². The van der Waals surface area contributed by atoms with Crippen molar-refractivity contribution in [2.24, 2.45) is 0 Å². The Morgan fingerprint density at radius 3 is 2.44 bits per heavy atom. The third kappa shape index (κ3) is 3.37. The van der Waals surface area contributed by atoms with Crippen LogP contribution in [0.15, 0.2) is 27.1 Å². The number of nitrogens with one attached hydrogen (secondary N) is 1. The number of cyclic esters (lactones) is 1. The maximum absolute atomic E-state index is 11.1. The van der Waals surface area contributed by atoms with Crippen LogP contribution in [-0.2, 0) is 4.74 Å². The Hall–Kier alpha value is -0.260. The zero-order chi connectivity index (χ0) is 10.8. The molecular formula is C10H10Br2ClNO2. The third-order valence-corrected chi connectivity index (χ3v) is 3.13. The van der Waals surface area contributed by atoms with Crippen molar-refractivity contribution in [1.29, 1.82) is 0 Å². The molecule has 1 amide bonds. The predicted molar refractivity (Wildman–Crippen MR) is 70.9 cm³/mol. The molecule has 88 valence electrons. The molecule has 0 unspecified atom stereocenters. The molecule has 0 spiro atoms. The standard InChI is InChI=1S/C10H9Br2NO2.ClH/c11-7-3-6(4-8(12)5-7)9-1-2-15-10(14)13-9;/h3-5,9H,1-2H2,(H,13,14);1H/t9-;/m1./s1. The molecule has 1 fully saturated rings. The van der Waals surface area contributed by atoms with Crippen LogP contribution in [-0.4, -0.2) is 12.7 Å². The van der Waals surface area contributed by atoms with Gasteiger partial charge in [-0.2, -0.15) is 0 Å². The number of ether oxygens (including phenoxy) is 1. The summed E-state index contributed by atoms with van der Waals surface area (Å²) in [6.07, 6.45) is 0.455. The van der Waals surface area contributed by atoms with E-state index in [1.807, 2.05) is 18.2 Å². The highest BCUT2D eigenvalue weighted by molar-refractivity contribution is 9.11. The molecule has 1 atom stereocenters. The first kappa shape index (κ1) is 13.8. The van der Waals surface area contributed by atoms with Crippen molar-refractivity contribution in [1.82, 2.24) is 5.32 Å². The second-order valence-corrected chi connectivity index (χ2v) is 5.16. The molecule has 0 radical (unpaired) electrons. The lowest BCUT2D eigenvalue weighted by atomic mass is 10.0. The van der Waals surface area contributed by atoms with Gasteiger partial charge in [0.15, 0.2) is 0 Å². The number of hydrogen-bond acceptors (Lipinski definition) is 2. The van der Waals surface area contributed by atoms with Gasteiger partial charge in [0, 0.05) is 15.4 Å². The highest BCUT2D eigenvalue weighted by Gasteiger charge is 2.21. The molecule has 2 rings (SSSR count). The summed E-state index contributed by atoms with van der Waals surface area (Å²) in [6, 6.07) is 6.01. The molecule has 0 aromatic heterocycles. The van der Waals surface area contributed by atoms with Crippen LogP contribution in [0.4, 0.5) is 4.79 Å². The molecule has 1 aromatic carbocycles. The molecule has 6 heteroatoms. The van der Waals surface area contributed by atoms with Gasteiger partial charge in [-0.15, -0.1) is 12.4 Å². The summed E-state index contributed by atoms with van der Waals surface area (Å²) < 4.78 is 6.80. The first-order valence-corrected chi connectivity index (χ1v) is 6.13. The second-order valence-electron chi connectivity index (χ2n) is 3.32. The Morgan fingerprint density at radius 2 is 1.88 bits per heavy atom. The molecule has 1 aliphatic heterocycles. The van der Waals surface area contributed by atoms with Crippen LogP contribution in [0.2, 0.25) is 0 Å². The van der Waals surface area contributed by atoms with Gasteiger partial charge >= 0.3 is 6.09 Å². The zero-order valence-corrected chi connectivity index (χ0v) is 12.2. The Balaban J connectivity index is 0.00000128. The molecule has 1 saturated heterocycles. The monoisotopic (exact) mass is 369 g/mol. The van der Waals surface area contributed by atoms with Crippen LogP contribution in [0, 0.1) is 0 Å². The van der Waals surface area contributed by atoms with Gasteiger partial charge in [0.05, 0.1) is 12.6 Å². The van der Waals surface area contributed by atoms with E-state index in [-0.39, 0.29) is 24.5 Å². The van der Waals surface area contributed by atoms with Crippen molar-refractivity contribution in [3.63, 3.8) is 0 Å². The van der Waals surface area contributed by atoms with Crippen molar-refractivity contribution in [2.75, 3.05) is 6.61 Å². The number of alkyl carbamates (subject to hydrolysis) is 1. The average Bonchev–Trinajstić information content (AvgIpc) is 2.16. The van der Waals surface area contributed by atoms with E-state index in [1.54, 1.807) is 0 Å². The normalized spacial score (nSPS) is 19.4. The van der Waals surface area contributed by atoms with E-state index in [1.165, 1.54) is 0 Å². The lowest BCUT2D eigenvalue weighted by Crippen LogP contribution is -2.35. The van der Waals surface area contributed by atoms with E-state index in [4.69, 9.17) is 4.74 Å². The van der Waals surface area contributed by atoms with Crippen LogP contribution in [0.5, 0.6) is 0 Å². The minimum absolute atomic E-state index is 0. The second kappa shape index (κ2) is 5.89. The van der Waals surface area contributed by atoms with Crippen molar-refractivity contribution in [2.45, 2.75) is 12.5 Å². The Morgan fingerprint density at radius 1 is 1.25 bits per heavy atom. The van der Waals surface area contributed by atoms with Crippen molar-refractivity contribution in [3.05, 3.63) is 32.7 Å². The average molecular weight is 371 g/mol. The van der Waals surface area contributed by atoms with Crippen LogP contribution < -0.4 is 5.32 Å². The van der Waals surface area contributed by atoms with Gasteiger partial charge in [-0.3, -0.25) is 0 Å². The largest absolute Gasteiger partial charge is 0.449 e. The highest BCUT2D eigenvalue weighted by Crippen LogP contribution is 2.27. The molecule has 1 aromatic rings. The summed E-state index contributed by atoms with van der Waals surface area (Å²) >= 11 is 6.84. The molecule has 0 aliphatic carbocycles. The molecule has 0 bridgehead atoms. The maximum Gasteiger partial charge on any atom is 0.407 e. The molecule has 1 aliphatic rings. The number of halogens is 3. The van der Waals surface area contributed by atoms with Crippen LogP contribution in [0.1, 0.15) is 18.0 Å². The molecular weight excluding hydrogens is 361 g/mol. The summed E-state index contributed by atoms with van der Waals surface area (Å²) in [5.74, 6) is 0. The van der Waals surface area contributed by atoms with Gasteiger partial charge in [0.2, 0.25) is 0 Å². The summed E-state index contributed by atoms with van der Waals surface area (Å²) in [6.45, 7) is 0.473. The Kier molecular flexibility index (Phi) is 5.08. The lowest BCUT2D eigenvalue weighted by Gasteiger charge is -2.24. The van der Waals surface area contributed by atoms with Crippen LogP contribution in [0.25, 0.3) is 0 Å². The minimum atomic E-state index is -0.345. The Labute approximate surface area is 117 Å². The summed E-state index contributed by atoms with van der Waals surface area (Å²) in [5, 5.41) is 2.78. The van der Waals surface area contributed by atoms with E-state index < -0.39 is 0 Å². The minimum Gasteiger partial charge on any atom is -0.449 e. The number of carbonyl (C=O) groups is 1. The zero-order valence-electron chi connectivity index (χ0n) is 8.20. The highest BCUT2D eigenvalue weighted by atomic mass is 79.9. The maximum atomic E-state index is 11.1. The molecule has 1 heterocycles. The SMILES string of the molecule is Cl.O=C1N[C@@H](c2cc(Br)cc(Br)c2)CCO1. The molecule has 16 heavy (non-hydrogen) atoms. The fourth-order valence-electron chi connectivity index (χ4n) is 1.55. The molecule has 3 nitrogen and oxygen atoms in total. The number of amides is 1. The van der Waals surface area contributed by atoms with Crippen molar-refractivity contribution >= 4 is 50.4 Å². The van der Waals surface area contributed by atoms with Gasteiger partial charge in [-0.1, -0.05) is 31.9 Å². The first-order chi connectivity index (χ1) is 7.15. The van der Waals surface area contributed by atoms with E-state index in [9.17, 15) is 4.79 Å². The fraction of sp³-hybridized carbons (Fsp3) is 0.300. The number of hydrogen-bond donors (Lipinski definition) is 1. The van der Waals surface area contributed by atoms with E-state index in [2.05, 4.69) is 37.2 Å². The van der Waals surface area contributed by atoms with Gasteiger partial charge in [-0.05, 0) is 23.8 Å². The van der Waals surface area contributed by atoms with Gasteiger partial charge < -0.3 is 10.1 Å². The molecule has 0 saturated carbocycles. The van der Waals surface area contributed by atoms with Gasteiger partial charge in [0.25, 0.3) is 0 Å². The fourth-order valence-corrected chi connectivity index (χ4v) is 2.88. The van der Waals surface area contributed by atoms with Crippen LogP contribution in [0.3, 0.4) is 0 Å². The van der Waals surface area contributed by atoms with Crippen molar-refractivity contribution < 1.29 is 9.53 Å². The quantitative estimate of drug-likeness (QED) is 0.815. The summed E-state index contributed by atoms with van der Waals surface area (Å²) in [4.78, 5) is 11.1. The molecule has 1 N–H and O–H groups in total. The van der Waals surface area contributed by atoms with E-state index in [0.717, 1.165) is 20.9 Å². The van der Waals surface area contributed by atoms with E-state index in [0.29, 0.717) is 6.61 Å². The topological polar surface area (TPSA) is 38.3 Å².